The van der Waals surface area contributed by atoms with Crippen molar-refractivity contribution in [2.75, 3.05) is 19.6 Å². The Morgan fingerprint density at radius 3 is 2.32 bits per heavy atom. The molecule has 0 aliphatic heterocycles. The Bertz CT molecular complexity index is 555. The summed E-state index contributed by atoms with van der Waals surface area (Å²) >= 11 is 0. The van der Waals surface area contributed by atoms with Crippen molar-refractivity contribution in [3.05, 3.63) is 48.0 Å². The fourth-order valence-electron chi connectivity index (χ4n) is 3.17. The van der Waals surface area contributed by atoms with Gasteiger partial charge < -0.3 is 10.0 Å². The van der Waals surface area contributed by atoms with E-state index in [1.54, 1.807) is 0 Å². The van der Waals surface area contributed by atoms with E-state index in [1.807, 2.05) is 18.2 Å². The number of hydrogen-bond acceptors (Lipinski definition) is 2. The second kappa shape index (κ2) is 8.92. The highest BCUT2D eigenvalue weighted by atomic mass is 16.3. The number of aliphatic hydroxyl groups is 1. The molecule has 0 unspecified atom stereocenters. The average Bonchev–Trinajstić information content (AvgIpc) is 2.54. The van der Waals surface area contributed by atoms with Crippen LogP contribution in [0.4, 0.5) is 0 Å². The molecule has 2 rings (SSSR count). The molecule has 0 aliphatic rings. The van der Waals surface area contributed by atoms with Gasteiger partial charge in [0.25, 0.3) is 0 Å². The molecule has 0 spiro atoms. The van der Waals surface area contributed by atoms with Crippen molar-refractivity contribution < 1.29 is 5.11 Å². The minimum absolute atomic E-state index is 0.365. The Kier molecular flexibility index (Phi) is 6.88. The van der Waals surface area contributed by atoms with Crippen LogP contribution in [0.3, 0.4) is 0 Å². The summed E-state index contributed by atoms with van der Waals surface area (Å²) in [5.74, 6) is 0. The highest BCUT2D eigenvalue weighted by Gasteiger charge is 2.11. The molecule has 1 N–H and O–H groups in total. The Hall–Kier alpha value is -1.38. The van der Waals surface area contributed by atoms with Gasteiger partial charge in [0, 0.05) is 0 Å². The first kappa shape index (κ1) is 17.0. The number of fused-ring (bicyclic) bond motifs is 1. The first-order valence-electron chi connectivity index (χ1n) is 8.64. The molecule has 2 aromatic rings. The zero-order valence-corrected chi connectivity index (χ0v) is 14.0. The van der Waals surface area contributed by atoms with E-state index in [2.05, 4.69) is 43.0 Å². The van der Waals surface area contributed by atoms with Crippen molar-refractivity contribution in [2.24, 2.45) is 0 Å². The maximum Gasteiger partial charge on any atom is 0.0796 e. The second-order valence-corrected chi connectivity index (χ2v) is 6.07. The van der Waals surface area contributed by atoms with E-state index in [1.165, 1.54) is 23.6 Å². The minimum atomic E-state index is -0.365. The Balaban J connectivity index is 1.95. The van der Waals surface area contributed by atoms with E-state index in [4.69, 9.17) is 0 Å². The van der Waals surface area contributed by atoms with Crippen LogP contribution in [-0.2, 0) is 0 Å². The van der Waals surface area contributed by atoms with Gasteiger partial charge in [-0.05, 0) is 61.7 Å². The summed E-state index contributed by atoms with van der Waals surface area (Å²) in [6.07, 6.45) is 3.91. The highest BCUT2D eigenvalue weighted by molar-refractivity contribution is 5.85. The summed E-state index contributed by atoms with van der Waals surface area (Å²) in [5.41, 5.74) is 1.07. The highest BCUT2D eigenvalue weighted by Crippen LogP contribution is 2.27. The van der Waals surface area contributed by atoms with Crippen molar-refractivity contribution in [2.45, 2.75) is 45.6 Å². The molecule has 2 nitrogen and oxygen atoms in total. The number of rotatable bonds is 9. The van der Waals surface area contributed by atoms with Gasteiger partial charge in [0.05, 0.1) is 6.10 Å². The van der Waals surface area contributed by atoms with Gasteiger partial charge in [-0.15, -0.1) is 0 Å². The molecule has 0 aliphatic carbocycles. The van der Waals surface area contributed by atoms with E-state index >= 15 is 0 Å². The van der Waals surface area contributed by atoms with Crippen LogP contribution in [0.15, 0.2) is 42.5 Å². The lowest BCUT2D eigenvalue weighted by atomic mass is 9.98. The topological polar surface area (TPSA) is 23.5 Å². The Morgan fingerprint density at radius 1 is 0.909 bits per heavy atom. The second-order valence-electron chi connectivity index (χ2n) is 6.07. The lowest BCUT2D eigenvalue weighted by Crippen LogP contribution is -2.26. The number of nitrogens with zero attached hydrogens (tertiary/aromatic N) is 1. The van der Waals surface area contributed by atoms with Crippen LogP contribution in [0.25, 0.3) is 10.8 Å². The fourth-order valence-corrected chi connectivity index (χ4v) is 3.17. The molecule has 0 saturated heterocycles. The lowest BCUT2D eigenvalue weighted by Gasteiger charge is -2.22. The van der Waals surface area contributed by atoms with E-state index in [0.717, 1.165) is 38.0 Å². The number of benzene rings is 2. The number of hydrogen-bond donors (Lipinski definition) is 1. The Morgan fingerprint density at radius 2 is 1.59 bits per heavy atom. The molecular formula is C20H29NO. The van der Waals surface area contributed by atoms with Crippen molar-refractivity contribution >= 4 is 10.8 Å². The zero-order chi connectivity index (χ0) is 15.8. The van der Waals surface area contributed by atoms with E-state index in [-0.39, 0.29) is 6.10 Å². The monoisotopic (exact) mass is 299 g/mol. The van der Waals surface area contributed by atoms with E-state index in [9.17, 15) is 5.11 Å². The van der Waals surface area contributed by atoms with E-state index in [0.29, 0.717) is 0 Å². The smallest absolute Gasteiger partial charge is 0.0796 e. The quantitative estimate of drug-likeness (QED) is 0.720. The average molecular weight is 299 g/mol. The van der Waals surface area contributed by atoms with Gasteiger partial charge >= 0.3 is 0 Å². The van der Waals surface area contributed by atoms with Gasteiger partial charge in [0.15, 0.2) is 0 Å². The standard InChI is InChI=1S/C20H29NO/c1-3-14-21(15-4-2)16-8-13-20(22)19-12-7-10-17-9-5-6-11-18(17)19/h5-7,9-12,20,22H,3-4,8,13-16H2,1-2H3/t20-/m0/s1. The van der Waals surface area contributed by atoms with Gasteiger partial charge in [-0.1, -0.05) is 56.3 Å². The number of aliphatic hydroxyl groups excluding tert-OH is 1. The molecule has 0 heterocycles. The van der Waals surface area contributed by atoms with Gasteiger partial charge in [-0.25, -0.2) is 0 Å². The molecule has 0 bridgehead atoms. The lowest BCUT2D eigenvalue weighted by molar-refractivity contribution is 0.156. The summed E-state index contributed by atoms with van der Waals surface area (Å²) < 4.78 is 0. The maximum atomic E-state index is 10.6. The van der Waals surface area contributed by atoms with Crippen molar-refractivity contribution in [1.29, 1.82) is 0 Å². The molecule has 0 amide bonds. The largest absolute Gasteiger partial charge is 0.388 e. The molecule has 22 heavy (non-hydrogen) atoms. The zero-order valence-electron chi connectivity index (χ0n) is 14.0. The van der Waals surface area contributed by atoms with Crippen LogP contribution in [0.1, 0.15) is 51.2 Å². The van der Waals surface area contributed by atoms with Crippen LogP contribution >= 0.6 is 0 Å². The summed E-state index contributed by atoms with van der Waals surface area (Å²) in [6.45, 7) is 7.88. The minimum Gasteiger partial charge on any atom is -0.388 e. The molecule has 0 aromatic heterocycles. The van der Waals surface area contributed by atoms with E-state index < -0.39 is 0 Å². The molecular weight excluding hydrogens is 270 g/mol. The predicted octanol–water partition coefficient (Wildman–Crippen LogP) is 4.78. The van der Waals surface area contributed by atoms with Gasteiger partial charge in [0.1, 0.15) is 0 Å². The van der Waals surface area contributed by atoms with Crippen LogP contribution < -0.4 is 0 Å². The van der Waals surface area contributed by atoms with Gasteiger partial charge in [0.2, 0.25) is 0 Å². The third kappa shape index (κ3) is 4.56. The third-order valence-corrected chi connectivity index (χ3v) is 4.21. The van der Waals surface area contributed by atoms with Crippen molar-refractivity contribution in [1.82, 2.24) is 4.90 Å². The van der Waals surface area contributed by atoms with Crippen LogP contribution in [0.5, 0.6) is 0 Å². The molecule has 0 fully saturated rings. The molecule has 1 atom stereocenters. The van der Waals surface area contributed by atoms with Crippen molar-refractivity contribution in [3.63, 3.8) is 0 Å². The third-order valence-electron chi connectivity index (χ3n) is 4.21. The first-order valence-corrected chi connectivity index (χ1v) is 8.64. The summed E-state index contributed by atoms with van der Waals surface area (Å²) in [6, 6.07) is 14.5. The molecule has 120 valence electrons. The normalized spacial score (nSPS) is 12.9. The molecule has 0 radical (unpaired) electrons. The first-order chi connectivity index (χ1) is 10.8. The van der Waals surface area contributed by atoms with Crippen LogP contribution in [0.2, 0.25) is 0 Å². The molecule has 2 heteroatoms. The SMILES string of the molecule is CCCN(CCC)CCC[C@H](O)c1cccc2ccccc12. The Labute approximate surface area is 134 Å². The van der Waals surface area contributed by atoms with Crippen LogP contribution in [0, 0.1) is 0 Å². The summed E-state index contributed by atoms with van der Waals surface area (Å²) in [5, 5.41) is 13.0. The fraction of sp³-hybridized carbons (Fsp3) is 0.500. The van der Waals surface area contributed by atoms with Gasteiger partial charge in [-0.2, -0.15) is 0 Å². The maximum absolute atomic E-state index is 10.6. The molecule has 0 saturated carbocycles. The predicted molar refractivity (Wildman–Crippen MR) is 95.2 cm³/mol. The summed E-state index contributed by atoms with van der Waals surface area (Å²) in [4.78, 5) is 2.51. The van der Waals surface area contributed by atoms with Gasteiger partial charge in [-0.3, -0.25) is 0 Å². The van der Waals surface area contributed by atoms with Crippen molar-refractivity contribution in [3.8, 4) is 0 Å². The summed E-state index contributed by atoms with van der Waals surface area (Å²) in [7, 11) is 0. The molecule has 2 aromatic carbocycles. The van der Waals surface area contributed by atoms with Crippen LogP contribution in [-0.4, -0.2) is 29.6 Å².